The highest BCUT2D eigenvalue weighted by Crippen LogP contribution is 2.31. The summed E-state index contributed by atoms with van der Waals surface area (Å²) in [5, 5.41) is 3.01. The number of carbonyl (C=O) groups is 1. The van der Waals surface area contributed by atoms with Crippen molar-refractivity contribution in [3.63, 3.8) is 0 Å². The maximum atomic E-state index is 13.7. The highest BCUT2D eigenvalue weighted by Gasteiger charge is 2.29. The Morgan fingerprint density at radius 1 is 0.946 bits per heavy atom. The van der Waals surface area contributed by atoms with Crippen LogP contribution in [0.25, 0.3) is 5.69 Å². The third-order valence-electron chi connectivity index (χ3n) is 6.22. The Balaban J connectivity index is 1.73. The van der Waals surface area contributed by atoms with Gasteiger partial charge >= 0.3 is 0 Å². The van der Waals surface area contributed by atoms with E-state index in [1.54, 1.807) is 68.0 Å². The lowest BCUT2D eigenvalue weighted by Gasteiger charge is -2.26. The molecule has 0 aliphatic heterocycles. The minimum absolute atomic E-state index is 0.0348. The number of nitrogens with one attached hydrogen (secondary N) is 1. The molecule has 0 spiro atoms. The minimum atomic E-state index is -4.14. The van der Waals surface area contributed by atoms with Crippen LogP contribution in [0, 0.1) is 20.8 Å². The van der Waals surface area contributed by atoms with Gasteiger partial charge in [0.1, 0.15) is 12.2 Å². The number of para-hydroxylation sites is 1. The fraction of sp³-hybridized carbons (Fsp3) is 0.185. The molecule has 8 nitrogen and oxygen atoms in total. The monoisotopic (exact) mass is 538 g/mol. The molecule has 4 aromatic rings. The fourth-order valence-electron chi connectivity index (χ4n) is 4.03. The summed E-state index contributed by atoms with van der Waals surface area (Å²) in [7, 11) is -2.43. The first-order valence-corrected chi connectivity index (χ1v) is 13.3. The number of aromatic nitrogens is 2. The van der Waals surface area contributed by atoms with Crippen molar-refractivity contribution in [3.8, 4) is 5.69 Å². The predicted molar refractivity (Wildman–Crippen MR) is 146 cm³/mol. The first kappa shape index (κ1) is 26.2. The summed E-state index contributed by atoms with van der Waals surface area (Å²) in [4.78, 5) is 26.5. The minimum Gasteiger partial charge on any atom is -0.318 e. The van der Waals surface area contributed by atoms with Gasteiger partial charge in [-0.2, -0.15) is 0 Å². The van der Waals surface area contributed by atoms with E-state index >= 15 is 0 Å². The van der Waals surface area contributed by atoms with E-state index in [9.17, 15) is 18.0 Å². The number of sulfonamides is 1. The maximum Gasteiger partial charge on any atom is 0.295 e. The number of hydrogen-bond acceptors (Lipinski definition) is 4. The molecule has 0 unspecified atom stereocenters. The van der Waals surface area contributed by atoms with Crippen molar-refractivity contribution in [3.05, 3.63) is 105 Å². The summed E-state index contributed by atoms with van der Waals surface area (Å²) >= 11 is 6.29. The highest BCUT2D eigenvalue weighted by atomic mass is 35.5. The number of benzene rings is 3. The van der Waals surface area contributed by atoms with Crippen LogP contribution in [-0.4, -0.2) is 30.2 Å². The molecule has 0 aliphatic rings. The molecular weight excluding hydrogens is 512 g/mol. The number of halogens is 1. The van der Waals surface area contributed by atoms with Gasteiger partial charge in [-0.05, 0) is 62.7 Å². The van der Waals surface area contributed by atoms with Crippen LogP contribution >= 0.6 is 11.6 Å². The van der Waals surface area contributed by atoms with Gasteiger partial charge in [-0.1, -0.05) is 53.6 Å². The molecule has 1 heterocycles. The maximum absolute atomic E-state index is 13.7. The van der Waals surface area contributed by atoms with Gasteiger partial charge in [0.15, 0.2) is 0 Å². The number of carbonyl (C=O) groups excluding carboxylic acids is 1. The zero-order valence-electron chi connectivity index (χ0n) is 20.9. The molecule has 0 bridgehead atoms. The Morgan fingerprint density at radius 3 is 2.24 bits per heavy atom. The van der Waals surface area contributed by atoms with E-state index < -0.39 is 28.0 Å². The van der Waals surface area contributed by atoms with Crippen LogP contribution in [0.15, 0.2) is 82.5 Å². The van der Waals surface area contributed by atoms with Crippen molar-refractivity contribution in [2.45, 2.75) is 25.7 Å². The SMILES string of the molecule is Cc1ccc(S(=O)(=O)N(CC(=O)Nc2c(C)n(C)n(-c3ccccc3)c2=O)c2cccc(Cl)c2C)cc1. The van der Waals surface area contributed by atoms with E-state index in [1.807, 2.05) is 25.1 Å². The number of hydrogen-bond donors (Lipinski definition) is 1. The predicted octanol–water partition coefficient (Wildman–Crippen LogP) is 4.59. The molecule has 0 saturated heterocycles. The second-order valence-electron chi connectivity index (χ2n) is 8.69. The molecule has 1 N–H and O–H groups in total. The van der Waals surface area contributed by atoms with E-state index in [4.69, 9.17) is 11.6 Å². The summed E-state index contributed by atoms with van der Waals surface area (Å²) in [6.07, 6.45) is 0. The molecule has 192 valence electrons. The lowest BCUT2D eigenvalue weighted by molar-refractivity contribution is -0.114. The molecule has 4 rings (SSSR count). The molecular formula is C27H27ClN4O4S. The molecule has 0 aliphatic carbocycles. The average molecular weight is 539 g/mol. The van der Waals surface area contributed by atoms with Gasteiger partial charge in [-0.3, -0.25) is 18.6 Å². The highest BCUT2D eigenvalue weighted by molar-refractivity contribution is 7.92. The molecule has 37 heavy (non-hydrogen) atoms. The van der Waals surface area contributed by atoms with Crippen LogP contribution in [0.3, 0.4) is 0 Å². The topological polar surface area (TPSA) is 93.4 Å². The van der Waals surface area contributed by atoms with Crippen LogP contribution in [0.2, 0.25) is 5.02 Å². The Kier molecular flexibility index (Phi) is 7.29. The Hall–Kier alpha value is -3.82. The Labute approximate surface area is 220 Å². The average Bonchev–Trinajstić information content (AvgIpc) is 3.08. The quantitative estimate of drug-likeness (QED) is 0.372. The third kappa shape index (κ3) is 5.05. The molecule has 1 amide bonds. The normalized spacial score (nSPS) is 11.4. The van der Waals surface area contributed by atoms with Gasteiger partial charge in [0.25, 0.3) is 15.6 Å². The van der Waals surface area contributed by atoms with E-state index in [-0.39, 0.29) is 16.3 Å². The number of amides is 1. The van der Waals surface area contributed by atoms with Crippen molar-refractivity contribution in [2.24, 2.45) is 7.05 Å². The fourth-order valence-corrected chi connectivity index (χ4v) is 5.67. The number of aryl methyl sites for hydroxylation is 1. The van der Waals surface area contributed by atoms with Crippen LogP contribution < -0.4 is 15.2 Å². The lowest BCUT2D eigenvalue weighted by atomic mass is 10.2. The number of rotatable bonds is 7. The van der Waals surface area contributed by atoms with Crippen molar-refractivity contribution in [1.82, 2.24) is 9.36 Å². The summed E-state index contributed by atoms with van der Waals surface area (Å²) in [5.74, 6) is -0.666. The molecule has 0 atom stereocenters. The molecule has 3 aromatic carbocycles. The number of anilines is 2. The van der Waals surface area contributed by atoms with Crippen molar-refractivity contribution in [1.29, 1.82) is 0 Å². The largest absolute Gasteiger partial charge is 0.318 e. The van der Waals surface area contributed by atoms with Gasteiger partial charge in [0.05, 0.1) is 22.0 Å². The second-order valence-corrected chi connectivity index (χ2v) is 11.0. The van der Waals surface area contributed by atoms with Crippen LogP contribution in [-0.2, 0) is 21.9 Å². The zero-order chi connectivity index (χ0) is 26.9. The Bertz CT molecular complexity index is 1630. The lowest BCUT2D eigenvalue weighted by Crippen LogP contribution is -2.39. The van der Waals surface area contributed by atoms with Gasteiger partial charge < -0.3 is 5.32 Å². The van der Waals surface area contributed by atoms with Crippen molar-refractivity contribution < 1.29 is 13.2 Å². The summed E-state index contributed by atoms with van der Waals surface area (Å²) in [6.45, 7) is 4.69. The van der Waals surface area contributed by atoms with Gasteiger partial charge in [0.2, 0.25) is 5.91 Å². The molecule has 1 aromatic heterocycles. The smallest absolute Gasteiger partial charge is 0.295 e. The summed E-state index contributed by atoms with van der Waals surface area (Å²) < 4.78 is 31.5. The molecule has 10 heteroatoms. The van der Waals surface area contributed by atoms with Crippen LogP contribution in [0.1, 0.15) is 16.8 Å². The second kappa shape index (κ2) is 10.3. The summed E-state index contributed by atoms with van der Waals surface area (Å²) in [5.41, 5.74) is 2.49. The van der Waals surface area contributed by atoms with E-state index in [1.165, 1.54) is 16.8 Å². The molecule has 0 fully saturated rings. The van der Waals surface area contributed by atoms with Crippen molar-refractivity contribution >= 4 is 38.9 Å². The van der Waals surface area contributed by atoms with E-state index in [0.29, 0.717) is 22.0 Å². The first-order chi connectivity index (χ1) is 17.5. The molecule has 0 radical (unpaired) electrons. The standard InChI is InChI=1S/C27H27ClN4O4S/c1-18-13-15-22(16-14-18)37(35,36)31(24-12-8-11-23(28)19(24)2)17-25(33)29-26-20(3)30(4)32(27(26)34)21-9-6-5-7-10-21/h5-16H,17H2,1-4H3,(H,29,33). The third-order valence-corrected chi connectivity index (χ3v) is 8.41. The van der Waals surface area contributed by atoms with Crippen LogP contribution in [0.5, 0.6) is 0 Å². The zero-order valence-corrected chi connectivity index (χ0v) is 22.5. The Morgan fingerprint density at radius 2 is 1.59 bits per heavy atom. The van der Waals surface area contributed by atoms with Gasteiger partial charge in [-0.15, -0.1) is 0 Å². The van der Waals surface area contributed by atoms with Gasteiger partial charge in [-0.25, -0.2) is 13.1 Å². The van der Waals surface area contributed by atoms with E-state index in [2.05, 4.69) is 5.32 Å². The first-order valence-electron chi connectivity index (χ1n) is 11.5. The number of nitrogens with zero attached hydrogens (tertiary/aromatic N) is 3. The van der Waals surface area contributed by atoms with Crippen molar-refractivity contribution in [2.75, 3.05) is 16.2 Å². The van der Waals surface area contributed by atoms with Crippen LogP contribution in [0.4, 0.5) is 11.4 Å². The summed E-state index contributed by atoms with van der Waals surface area (Å²) in [6, 6.07) is 20.3. The van der Waals surface area contributed by atoms with E-state index in [0.717, 1.165) is 9.87 Å². The molecule has 0 saturated carbocycles. The van der Waals surface area contributed by atoms with Gasteiger partial charge in [0, 0.05) is 12.1 Å².